The molecule has 1 aromatic rings. The molecule has 3 amide bonds. The molecule has 0 aliphatic carbocycles. The maximum absolute atomic E-state index is 13.5. The predicted octanol–water partition coefficient (Wildman–Crippen LogP) is 0.717. The number of esters is 1. The first-order valence-electron chi connectivity index (χ1n) is 6.05. The van der Waals surface area contributed by atoms with Gasteiger partial charge in [-0.3, -0.25) is 10.1 Å². The van der Waals surface area contributed by atoms with Gasteiger partial charge >= 0.3 is 12.0 Å². The lowest BCUT2D eigenvalue weighted by Gasteiger charge is -2.13. The van der Waals surface area contributed by atoms with Gasteiger partial charge in [0.15, 0.2) is 6.10 Å². The number of rotatable bonds is 3. The number of imide groups is 1. The highest BCUT2D eigenvalue weighted by molar-refractivity contribution is 5.98. The van der Waals surface area contributed by atoms with Crippen LogP contribution in [0.5, 0.6) is 0 Å². The van der Waals surface area contributed by atoms with E-state index in [1.165, 1.54) is 27.0 Å². The molecule has 0 saturated heterocycles. The van der Waals surface area contributed by atoms with E-state index in [-0.39, 0.29) is 16.8 Å². The number of nitrogen functional groups attached to an aromatic ring is 1. The molecule has 0 fully saturated rings. The average molecular weight is 297 g/mol. The number of nitrogens with two attached hydrogens (primary N) is 1. The molecule has 0 radical (unpaired) electrons. The first-order valence-corrected chi connectivity index (χ1v) is 6.05. The molecule has 1 rings (SSSR count). The Labute approximate surface area is 120 Å². The van der Waals surface area contributed by atoms with Crippen LogP contribution in [-0.4, -0.2) is 31.1 Å². The minimum absolute atomic E-state index is 0.101. The summed E-state index contributed by atoms with van der Waals surface area (Å²) >= 11 is 0. The van der Waals surface area contributed by atoms with E-state index < -0.39 is 29.8 Å². The summed E-state index contributed by atoms with van der Waals surface area (Å²) in [5.74, 6) is -2.37. The molecule has 0 saturated carbocycles. The van der Waals surface area contributed by atoms with Crippen LogP contribution in [0.3, 0.4) is 0 Å². The summed E-state index contributed by atoms with van der Waals surface area (Å²) in [6.07, 6.45) is -1.22. The molecule has 0 heterocycles. The minimum Gasteiger partial charge on any atom is -0.449 e. The number of ether oxygens (including phenoxy) is 1. The SMILES string of the molecule is CNC(=O)NC(=O)C(C)OC(=O)c1cc(N)c(C)c(F)c1. The van der Waals surface area contributed by atoms with E-state index in [0.29, 0.717) is 0 Å². The summed E-state index contributed by atoms with van der Waals surface area (Å²) in [6.45, 7) is 2.75. The third-order valence-electron chi connectivity index (χ3n) is 2.74. The fourth-order valence-corrected chi connectivity index (χ4v) is 1.38. The Balaban J connectivity index is 2.77. The van der Waals surface area contributed by atoms with Crippen LogP contribution in [0.4, 0.5) is 14.9 Å². The number of carbonyl (C=O) groups excluding carboxylic acids is 3. The van der Waals surface area contributed by atoms with Crippen molar-refractivity contribution in [1.29, 1.82) is 0 Å². The van der Waals surface area contributed by atoms with Crippen molar-refractivity contribution in [1.82, 2.24) is 10.6 Å². The molecule has 1 aromatic carbocycles. The predicted molar refractivity (Wildman–Crippen MR) is 73.0 cm³/mol. The lowest BCUT2D eigenvalue weighted by atomic mass is 10.1. The van der Waals surface area contributed by atoms with Gasteiger partial charge in [0.1, 0.15) is 5.82 Å². The number of halogens is 1. The van der Waals surface area contributed by atoms with Crippen LogP contribution in [0.25, 0.3) is 0 Å². The highest BCUT2D eigenvalue weighted by atomic mass is 19.1. The Morgan fingerprint density at radius 1 is 1.33 bits per heavy atom. The van der Waals surface area contributed by atoms with Crippen molar-refractivity contribution in [3.8, 4) is 0 Å². The second kappa shape index (κ2) is 6.69. The minimum atomic E-state index is -1.22. The molecule has 0 aromatic heterocycles. The van der Waals surface area contributed by atoms with Gasteiger partial charge in [0, 0.05) is 18.3 Å². The van der Waals surface area contributed by atoms with Crippen molar-refractivity contribution >= 4 is 23.6 Å². The van der Waals surface area contributed by atoms with Crippen LogP contribution in [0, 0.1) is 12.7 Å². The first kappa shape index (κ1) is 16.4. The van der Waals surface area contributed by atoms with E-state index in [1.54, 1.807) is 0 Å². The number of hydrogen-bond acceptors (Lipinski definition) is 5. The van der Waals surface area contributed by atoms with Gasteiger partial charge in [-0.2, -0.15) is 0 Å². The molecule has 114 valence electrons. The van der Waals surface area contributed by atoms with Crippen molar-refractivity contribution in [2.24, 2.45) is 0 Å². The van der Waals surface area contributed by atoms with Gasteiger partial charge in [0.05, 0.1) is 5.56 Å². The van der Waals surface area contributed by atoms with Crippen molar-refractivity contribution in [3.05, 3.63) is 29.1 Å². The number of nitrogens with one attached hydrogen (secondary N) is 2. The van der Waals surface area contributed by atoms with Crippen LogP contribution in [0.1, 0.15) is 22.8 Å². The number of amides is 3. The quantitative estimate of drug-likeness (QED) is 0.562. The van der Waals surface area contributed by atoms with Crippen molar-refractivity contribution in [2.45, 2.75) is 20.0 Å². The first-order chi connectivity index (χ1) is 9.76. The fraction of sp³-hybridized carbons (Fsp3) is 0.308. The van der Waals surface area contributed by atoms with Gasteiger partial charge in [0.2, 0.25) is 0 Å². The van der Waals surface area contributed by atoms with E-state index >= 15 is 0 Å². The Morgan fingerprint density at radius 2 is 1.95 bits per heavy atom. The molecule has 1 atom stereocenters. The van der Waals surface area contributed by atoms with Crippen LogP contribution < -0.4 is 16.4 Å². The fourth-order valence-electron chi connectivity index (χ4n) is 1.38. The molecule has 8 heteroatoms. The molecule has 1 unspecified atom stereocenters. The molecule has 0 aliphatic heterocycles. The van der Waals surface area contributed by atoms with Gasteiger partial charge in [-0.05, 0) is 26.0 Å². The van der Waals surface area contributed by atoms with Crippen LogP contribution in [0.2, 0.25) is 0 Å². The standard InChI is InChI=1S/C13H16FN3O4/c1-6-9(14)4-8(5-10(6)15)12(19)21-7(2)11(18)17-13(20)16-3/h4-5,7H,15H2,1-3H3,(H2,16,17,18,20). The maximum atomic E-state index is 13.5. The van der Waals surface area contributed by atoms with Gasteiger partial charge in [-0.15, -0.1) is 0 Å². The van der Waals surface area contributed by atoms with E-state index in [9.17, 15) is 18.8 Å². The van der Waals surface area contributed by atoms with Gasteiger partial charge in [0.25, 0.3) is 5.91 Å². The Bertz CT molecular complexity index is 566. The largest absolute Gasteiger partial charge is 0.449 e. The third-order valence-corrected chi connectivity index (χ3v) is 2.74. The molecular formula is C13H16FN3O4. The summed E-state index contributed by atoms with van der Waals surface area (Å²) < 4.78 is 18.3. The van der Waals surface area contributed by atoms with Crippen LogP contribution in [-0.2, 0) is 9.53 Å². The molecular weight excluding hydrogens is 281 g/mol. The monoisotopic (exact) mass is 297 g/mol. The van der Waals surface area contributed by atoms with Crippen LogP contribution in [0.15, 0.2) is 12.1 Å². The van der Waals surface area contributed by atoms with Gasteiger partial charge in [-0.1, -0.05) is 0 Å². The Morgan fingerprint density at radius 3 is 2.48 bits per heavy atom. The number of urea groups is 1. The highest BCUT2D eigenvalue weighted by Crippen LogP contribution is 2.18. The Hall–Kier alpha value is -2.64. The zero-order valence-electron chi connectivity index (χ0n) is 11.8. The van der Waals surface area contributed by atoms with Crippen molar-refractivity contribution < 1.29 is 23.5 Å². The highest BCUT2D eigenvalue weighted by Gasteiger charge is 2.21. The summed E-state index contributed by atoms with van der Waals surface area (Å²) in [5, 5.41) is 4.13. The average Bonchev–Trinajstić information content (AvgIpc) is 2.43. The second-order valence-electron chi connectivity index (χ2n) is 4.29. The van der Waals surface area contributed by atoms with Gasteiger partial charge in [-0.25, -0.2) is 14.0 Å². The molecule has 0 bridgehead atoms. The lowest BCUT2D eigenvalue weighted by molar-refractivity contribution is -0.127. The van der Waals surface area contributed by atoms with Crippen LogP contribution >= 0.6 is 0 Å². The molecule has 0 spiro atoms. The van der Waals surface area contributed by atoms with Crippen molar-refractivity contribution in [3.63, 3.8) is 0 Å². The second-order valence-corrected chi connectivity index (χ2v) is 4.29. The van der Waals surface area contributed by atoms with E-state index in [2.05, 4.69) is 5.32 Å². The third kappa shape index (κ3) is 4.16. The molecule has 0 aliphatic rings. The molecule has 4 N–H and O–H groups in total. The summed E-state index contributed by atoms with van der Waals surface area (Å²) in [4.78, 5) is 34.3. The zero-order chi connectivity index (χ0) is 16.2. The topological polar surface area (TPSA) is 111 Å². The Kier molecular flexibility index (Phi) is 5.23. The van der Waals surface area contributed by atoms with Crippen molar-refractivity contribution in [2.75, 3.05) is 12.8 Å². The summed E-state index contributed by atoms with van der Waals surface area (Å²) in [5.41, 5.74) is 5.76. The normalized spacial score (nSPS) is 11.4. The van der Waals surface area contributed by atoms with Gasteiger partial charge < -0.3 is 15.8 Å². The maximum Gasteiger partial charge on any atom is 0.339 e. The zero-order valence-corrected chi connectivity index (χ0v) is 11.8. The summed E-state index contributed by atoms with van der Waals surface area (Å²) in [6, 6.07) is 1.50. The number of benzene rings is 1. The van der Waals surface area contributed by atoms with E-state index in [1.807, 2.05) is 5.32 Å². The van der Waals surface area contributed by atoms with E-state index in [4.69, 9.17) is 10.5 Å². The molecule has 21 heavy (non-hydrogen) atoms. The summed E-state index contributed by atoms with van der Waals surface area (Å²) in [7, 11) is 1.33. The lowest BCUT2D eigenvalue weighted by Crippen LogP contribution is -2.43. The number of hydrogen-bond donors (Lipinski definition) is 3. The smallest absolute Gasteiger partial charge is 0.339 e. The number of carbonyl (C=O) groups is 3. The van der Waals surface area contributed by atoms with E-state index in [0.717, 1.165) is 6.07 Å². The molecule has 7 nitrogen and oxygen atoms in total. The number of anilines is 1.